The number of amides is 1. The molecule has 6 nitrogen and oxygen atoms in total. The zero-order valence-electron chi connectivity index (χ0n) is 15.2. The van der Waals surface area contributed by atoms with Gasteiger partial charge in [-0.15, -0.1) is 11.3 Å². The summed E-state index contributed by atoms with van der Waals surface area (Å²) in [6, 6.07) is 11.5. The molecule has 0 atom stereocenters. The van der Waals surface area contributed by atoms with E-state index in [9.17, 15) is 9.59 Å². The van der Waals surface area contributed by atoms with Crippen molar-refractivity contribution in [2.24, 2.45) is 0 Å². The number of rotatable bonds is 7. The second kappa shape index (κ2) is 8.64. The molecule has 0 saturated heterocycles. The van der Waals surface area contributed by atoms with Crippen LogP contribution in [0, 0.1) is 0 Å². The summed E-state index contributed by atoms with van der Waals surface area (Å²) in [5.41, 5.74) is 0.948. The Balaban J connectivity index is 1.56. The summed E-state index contributed by atoms with van der Waals surface area (Å²) < 4.78 is 11.3. The lowest BCUT2D eigenvalue weighted by atomic mass is 10.2. The highest BCUT2D eigenvalue weighted by Crippen LogP contribution is 2.22. The first-order chi connectivity index (χ1) is 13.0. The van der Waals surface area contributed by atoms with E-state index >= 15 is 0 Å². The number of hydrogen-bond donors (Lipinski definition) is 0. The molecule has 0 aliphatic carbocycles. The van der Waals surface area contributed by atoms with Crippen LogP contribution in [0.4, 0.5) is 0 Å². The highest BCUT2D eigenvalue weighted by Gasteiger charge is 2.10. The first kappa shape index (κ1) is 18.8. The third kappa shape index (κ3) is 5.04. The van der Waals surface area contributed by atoms with E-state index in [0.29, 0.717) is 24.5 Å². The fraction of sp³-hybridized carbons (Fsp3) is 0.250. The standard InChI is InChI=1S/C20H20N2O4S/c1-22(13-18-21-16-5-3-4-6-17(16)27-18)19(23)11-9-14-7-8-15(26-14)10-12-20(24)25-2/h3-9,11H,10,12-13H2,1-2H3/b11-9+. The Morgan fingerprint density at radius 2 is 2.07 bits per heavy atom. The molecule has 0 unspecified atom stereocenters. The van der Waals surface area contributed by atoms with Crippen LogP contribution in [0.5, 0.6) is 0 Å². The van der Waals surface area contributed by atoms with Crippen LogP contribution in [0.15, 0.2) is 46.9 Å². The molecular formula is C20H20N2O4S. The Bertz CT molecular complexity index is 940. The van der Waals surface area contributed by atoms with Crippen LogP contribution < -0.4 is 0 Å². The first-order valence-electron chi connectivity index (χ1n) is 8.48. The fourth-order valence-electron chi connectivity index (χ4n) is 2.49. The van der Waals surface area contributed by atoms with Crippen LogP contribution in [-0.4, -0.2) is 35.9 Å². The van der Waals surface area contributed by atoms with E-state index in [2.05, 4.69) is 9.72 Å². The van der Waals surface area contributed by atoms with Crippen molar-refractivity contribution in [2.75, 3.05) is 14.2 Å². The van der Waals surface area contributed by atoms with E-state index < -0.39 is 0 Å². The predicted octanol–water partition coefficient (Wildman–Crippen LogP) is 3.67. The third-order valence-corrected chi connectivity index (χ3v) is 4.98. The molecule has 0 fully saturated rings. The van der Waals surface area contributed by atoms with Gasteiger partial charge < -0.3 is 14.1 Å². The summed E-state index contributed by atoms with van der Waals surface area (Å²) in [6.45, 7) is 0.449. The number of para-hydroxylation sites is 1. The number of hydrogen-bond acceptors (Lipinski definition) is 6. The number of methoxy groups -OCH3 is 1. The lowest BCUT2D eigenvalue weighted by Crippen LogP contribution is -2.23. The highest BCUT2D eigenvalue weighted by molar-refractivity contribution is 7.18. The van der Waals surface area contributed by atoms with Crippen LogP contribution in [-0.2, 0) is 27.3 Å². The minimum Gasteiger partial charge on any atom is -0.469 e. The number of carbonyl (C=O) groups excluding carboxylic acids is 2. The largest absolute Gasteiger partial charge is 0.469 e. The number of nitrogens with zero attached hydrogens (tertiary/aromatic N) is 2. The summed E-state index contributed by atoms with van der Waals surface area (Å²) in [7, 11) is 3.09. The second-order valence-electron chi connectivity index (χ2n) is 5.98. The Kier molecular flexibility index (Phi) is 6.03. The molecule has 1 aromatic carbocycles. The number of thiazole rings is 1. The number of ether oxygens (including phenoxy) is 1. The lowest BCUT2D eigenvalue weighted by molar-refractivity contribution is -0.140. The molecule has 0 aliphatic rings. The number of aromatic nitrogens is 1. The van der Waals surface area contributed by atoms with E-state index in [4.69, 9.17) is 4.42 Å². The van der Waals surface area contributed by atoms with Crippen LogP contribution >= 0.6 is 11.3 Å². The van der Waals surface area contributed by atoms with E-state index in [1.807, 2.05) is 24.3 Å². The van der Waals surface area contributed by atoms with Gasteiger partial charge in [0.25, 0.3) is 0 Å². The number of likely N-dealkylation sites (N-methyl/N-ethyl adjacent to an activating group) is 1. The van der Waals surface area contributed by atoms with Crippen molar-refractivity contribution in [2.45, 2.75) is 19.4 Å². The third-order valence-electron chi connectivity index (χ3n) is 3.96. The molecule has 2 aromatic heterocycles. The molecule has 0 aliphatic heterocycles. The van der Waals surface area contributed by atoms with Gasteiger partial charge in [0.1, 0.15) is 16.5 Å². The van der Waals surface area contributed by atoms with Gasteiger partial charge in [0, 0.05) is 19.5 Å². The molecule has 1 amide bonds. The maximum atomic E-state index is 12.3. The topological polar surface area (TPSA) is 72.6 Å². The van der Waals surface area contributed by atoms with Crippen molar-refractivity contribution >= 4 is 39.5 Å². The van der Waals surface area contributed by atoms with Crippen LogP contribution in [0.1, 0.15) is 22.9 Å². The van der Waals surface area contributed by atoms with E-state index in [1.54, 1.807) is 41.5 Å². The molecular weight excluding hydrogens is 364 g/mol. The molecule has 0 radical (unpaired) electrons. The van der Waals surface area contributed by atoms with Crippen molar-refractivity contribution in [3.05, 3.63) is 59.0 Å². The van der Waals surface area contributed by atoms with E-state index in [1.165, 1.54) is 13.2 Å². The van der Waals surface area contributed by atoms with Gasteiger partial charge in [-0.3, -0.25) is 9.59 Å². The quantitative estimate of drug-likeness (QED) is 0.459. The predicted molar refractivity (Wildman–Crippen MR) is 104 cm³/mol. The number of furan rings is 1. The number of aryl methyl sites for hydroxylation is 1. The van der Waals surface area contributed by atoms with Gasteiger partial charge in [-0.25, -0.2) is 4.98 Å². The maximum absolute atomic E-state index is 12.3. The van der Waals surface area contributed by atoms with Crippen LogP contribution in [0.25, 0.3) is 16.3 Å². The van der Waals surface area contributed by atoms with Gasteiger partial charge >= 0.3 is 5.97 Å². The molecule has 3 rings (SSSR count). The fourth-order valence-corrected chi connectivity index (χ4v) is 3.52. The molecule has 2 heterocycles. The van der Waals surface area contributed by atoms with Gasteiger partial charge in [0.15, 0.2) is 0 Å². The summed E-state index contributed by atoms with van der Waals surface area (Å²) >= 11 is 1.59. The number of benzene rings is 1. The average Bonchev–Trinajstić information content (AvgIpc) is 3.29. The highest BCUT2D eigenvalue weighted by atomic mass is 32.1. The zero-order valence-corrected chi connectivity index (χ0v) is 16.0. The first-order valence-corrected chi connectivity index (χ1v) is 9.30. The normalized spacial score (nSPS) is 11.2. The molecule has 27 heavy (non-hydrogen) atoms. The molecule has 140 valence electrons. The minimum atomic E-state index is -0.282. The van der Waals surface area contributed by atoms with E-state index in [-0.39, 0.29) is 18.3 Å². The SMILES string of the molecule is COC(=O)CCc1ccc(/C=C/C(=O)N(C)Cc2nc3ccccc3s2)o1. The Morgan fingerprint density at radius 3 is 2.85 bits per heavy atom. The summed E-state index contributed by atoms with van der Waals surface area (Å²) in [6.07, 6.45) is 3.82. The second-order valence-corrected chi connectivity index (χ2v) is 7.10. The van der Waals surface area contributed by atoms with E-state index in [0.717, 1.165) is 15.2 Å². The van der Waals surface area contributed by atoms with Gasteiger partial charge in [-0.1, -0.05) is 12.1 Å². The maximum Gasteiger partial charge on any atom is 0.305 e. The minimum absolute atomic E-state index is 0.137. The molecule has 3 aromatic rings. The number of fused-ring (bicyclic) bond motifs is 1. The molecule has 0 N–H and O–H groups in total. The van der Waals surface area contributed by atoms with Crippen molar-refractivity contribution in [3.63, 3.8) is 0 Å². The Labute approximate surface area is 161 Å². The smallest absolute Gasteiger partial charge is 0.305 e. The summed E-state index contributed by atoms with van der Waals surface area (Å²) in [4.78, 5) is 29.6. The van der Waals surface area contributed by atoms with Gasteiger partial charge in [0.2, 0.25) is 5.91 Å². The molecule has 0 bridgehead atoms. The molecule has 7 heteroatoms. The number of esters is 1. The summed E-state index contributed by atoms with van der Waals surface area (Å²) in [5.74, 6) is 0.823. The number of carbonyl (C=O) groups is 2. The van der Waals surface area contributed by atoms with Crippen molar-refractivity contribution in [1.82, 2.24) is 9.88 Å². The van der Waals surface area contributed by atoms with Crippen LogP contribution in [0.2, 0.25) is 0 Å². The Morgan fingerprint density at radius 1 is 1.26 bits per heavy atom. The van der Waals surface area contributed by atoms with Gasteiger partial charge in [-0.2, -0.15) is 0 Å². The van der Waals surface area contributed by atoms with Gasteiger partial charge in [-0.05, 0) is 30.3 Å². The van der Waals surface area contributed by atoms with Crippen molar-refractivity contribution in [1.29, 1.82) is 0 Å². The van der Waals surface area contributed by atoms with Crippen molar-refractivity contribution < 1.29 is 18.7 Å². The monoisotopic (exact) mass is 384 g/mol. The zero-order chi connectivity index (χ0) is 19.2. The average molecular weight is 384 g/mol. The van der Waals surface area contributed by atoms with Gasteiger partial charge in [0.05, 0.1) is 30.3 Å². The Hall–Kier alpha value is -2.93. The molecule has 0 spiro atoms. The lowest BCUT2D eigenvalue weighted by Gasteiger charge is -2.12. The summed E-state index contributed by atoms with van der Waals surface area (Å²) in [5, 5.41) is 0.892. The molecule has 0 saturated carbocycles. The van der Waals surface area contributed by atoms with Crippen molar-refractivity contribution in [3.8, 4) is 0 Å². The van der Waals surface area contributed by atoms with Crippen LogP contribution in [0.3, 0.4) is 0 Å².